The van der Waals surface area contributed by atoms with Crippen LogP contribution in [-0.4, -0.2) is 109 Å². The van der Waals surface area contributed by atoms with Crippen LogP contribution in [0.4, 0.5) is 26.7 Å². The minimum absolute atomic E-state index is 0.00534. The van der Waals surface area contributed by atoms with E-state index in [0.29, 0.717) is 40.4 Å². The molecule has 5 amide bonds. The Balaban J connectivity index is 1.21. The average Bonchev–Trinajstić information content (AvgIpc) is 3.92. The molecule has 0 unspecified atom stereocenters. The van der Waals surface area contributed by atoms with Crippen molar-refractivity contribution in [3.63, 3.8) is 0 Å². The molecule has 0 fully saturated rings. The van der Waals surface area contributed by atoms with Crippen molar-refractivity contribution in [2.45, 2.75) is 51.4 Å². The highest BCUT2D eigenvalue weighted by Gasteiger charge is 2.37. The van der Waals surface area contributed by atoms with Gasteiger partial charge in [0.25, 0.3) is 0 Å². The van der Waals surface area contributed by atoms with Gasteiger partial charge in [0, 0.05) is 46.2 Å². The zero-order valence-electron chi connectivity index (χ0n) is 35.3. The number of nitrogens with one attached hydrogen (secondary N) is 4. The summed E-state index contributed by atoms with van der Waals surface area (Å²) < 4.78 is 8.23. The number of allylic oxidation sites excluding steroid dienone is 1. The van der Waals surface area contributed by atoms with Crippen LogP contribution < -0.4 is 21.3 Å². The van der Waals surface area contributed by atoms with Crippen LogP contribution in [-0.2, 0) is 25.2 Å². The number of urea groups is 1. The second-order valence-corrected chi connectivity index (χ2v) is 22.2. The molecular formula is C42H45ClN10O9SSi. The van der Waals surface area contributed by atoms with Gasteiger partial charge >= 0.3 is 29.9 Å². The molecule has 6 N–H and O–H groups in total. The Bertz CT molecular complexity index is 2660. The van der Waals surface area contributed by atoms with Gasteiger partial charge in [-0.25, -0.2) is 19.0 Å². The first-order valence-electron chi connectivity index (χ1n) is 19.7. The molecule has 0 bridgehead atoms. The van der Waals surface area contributed by atoms with E-state index < -0.39 is 49.8 Å². The number of carbonyl (C=O) groups is 6. The highest BCUT2D eigenvalue weighted by atomic mass is 35.5. The molecule has 6 rings (SSSR count). The summed E-state index contributed by atoms with van der Waals surface area (Å²) in [5, 5.41) is 43.2. The molecule has 22 heteroatoms. The molecular weight excluding hydrogens is 884 g/mol. The fourth-order valence-electron chi connectivity index (χ4n) is 6.26. The summed E-state index contributed by atoms with van der Waals surface area (Å²) in [5.41, 5.74) is 1.81. The Morgan fingerprint density at radius 3 is 2.31 bits per heavy atom. The summed E-state index contributed by atoms with van der Waals surface area (Å²) >= 11 is 7.80. The molecule has 0 saturated carbocycles. The molecule has 19 nitrogen and oxygen atoms in total. The van der Waals surface area contributed by atoms with Crippen LogP contribution in [0.15, 0.2) is 96.3 Å². The van der Waals surface area contributed by atoms with E-state index in [4.69, 9.17) is 16.0 Å². The number of halogens is 1. The maximum atomic E-state index is 14.0. The highest BCUT2D eigenvalue weighted by molar-refractivity contribution is 8.02. The standard InChI is InChI=1S/C42H45ClN10O9SSi/c1-42(2,3)64(4,5)62-17-16-51(30-14-18-63-19-15-30)40(59)46-28-9-6-25(7-10-28)20-32(36(54)45-29-11-13-33-26(21-29)22-35(39(57)58)53(33)41(60)61)48-38(56)37(55)47-31-23-27(43)8-12-34(31)52-24-44-49-50-52/h6-15,18,21-24,32H,16-17,19-20H2,1-5H3,(H,45,54)(H,46,59)(H,47,55)(H,48,56)(H,57,58)(H,60,61)/t32-/m0/s1. The normalized spacial score (nSPS) is 13.1. The molecule has 0 saturated heterocycles. The molecule has 1 aliphatic heterocycles. The fraction of sp³-hybridized carbons (Fsp3) is 0.262. The third-order valence-corrected chi connectivity index (χ3v) is 16.1. The van der Waals surface area contributed by atoms with Gasteiger partial charge in [0.05, 0.1) is 23.5 Å². The van der Waals surface area contributed by atoms with Gasteiger partial charge in [0.15, 0.2) is 8.32 Å². The fourth-order valence-corrected chi connectivity index (χ4v) is 8.08. The van der Waals surface area contributed by atoms with Gasteiger partial charge in [-0.1, -0.05) is 50.6 Å². The van der Waals surface area contributed by atoms with E-state index in [1.807, 2.05) is 17.6 Å². The van der Waals surface area contributed by atoms with Gasteiger partial charge in [-0.15, -0.1) is 16.9 Å². The van der Waals surface area contributed by atoms with E-state index in [9.17, 15) is 39.0 Å². The third-order valence-electron chi connectivity index (χ3n) is 10.6. The number of rotatable bonds is 14. The molecule has 1 aliphatic rings. The topological polar surface area (TPSA) is 252 Å². The largest absolute Gasteiger partial charge is 0.477 e. The lowest BCUT2D eigenvalue weighted by atomic mass is 10.0. The molecule has 3 aromatic carbocycles. The molecule has 2 aromatic heterocycles. The van der Waals surface area contributed by atoms with Gasteiger partial charge in [0.2, 0.25) is 5.91 Å². The average molecular weight is 929 g/mol. The smallest absolute Gasteiger partial charge is 0.416 e. The Morgan fingerprint density at radius 2 is 1.67 bits per heavy atom. The van der Waals surface area contributed by atoms with E-state index >= 15 is 0 Å². The van der Waals surface area contributed by atoms with Crippen molar-refractivity contribution in [2.24, 2.45) is 0 Å². The van der Waals surface area contributed by atoms with Crippen molar-refractivity contribution in [2.75, 3.05) is 34.9 Å². The summed E-state index contributed by atoms with van der Waals surface area (Å²) in [7, 11) is -2.08. The minimum Gasteiger partial charge on any atom is -0.477 e. The van der Waals surface area contributed by atoms with Gasteiger partial charge in [-0.3, -0.25) is 19.3 Å². The molecule has 0 radical (unpaired) electrons. The zero-order chi connectivity index (χ0) is 46.3. The number of amides is 5. The number of hydrogen-bond acceptors (Lipinski definition) is 11. The highest BCUT2D eigenvalue weighted by Crippen LogP contribution is 2.36. The second-order valence-electron chi connectivity index (χ2n) is 16.0. The van der Waals surface area contributed by atoms with Crippen LogP contribution >= 0.6 is 23.4 Å². The van der Waals surface area contributed by atoms with Crippen molar-refractivity contribution in [1.82, 2.24) is 35.0 Å². The van der Waals surface area contributed by atoms with Gasteiger partial charge in [-0.05, 0) is 100 Å². The van der Waals surface area contributed by atoms with Crippen LogP contribution in [0, 0.1) is 0 Å². The number of thioether (sulfide) groups is 1. The van der Waals surface area contributed by atoms with Crippen molar-refractivity contribution in [1.29, 1.82) is 0 Å². The molecule has 3 heterocycles. The number of carbonyl (C=O) groups excluding carboxylic acids is 4. The third kappa shape index (κ3) is 11.2. The lowest BCUT2D eigenvalue weighted by Gasteiger charge is -2.37. The lowest BCUT2D eigenvalue weighted by molar-refractivity contribution is -0.137. The lowest BCUT2D eigenvalue weighted by Crippen LogP contribution is -2.49. The number of carboxylic acid groups (broad SMARTS) is 2. The Morgan fingerprint density at radius 1 is 0.938 bits per heavy atom. The summed E-state index contributed by atoms with van der Waals surface area (Å²) in [6.45, 7) is 11.4. The first kappa shape index (κ1) is 46.7. The van der Waals surface area contributed by atoms with Crippen molar-refractivity contribution >= 4 is 95.5 Å². The minimum atomic E-state index is -2.08. The van der Waals surface area contributed by atoms with Crippen molar-refractivity contribution in [3.8, 4) is 5.69 Å². The molecule has 0 aliphatic carbocycles. The first-order valence-corrected chi connectivity index (χ1v) is 24.0. The van der Waals surface area contributed by atoms with Crippen LogP contribution in [0.5, 0.6) is 0 Å². The molecule has 1 atom stereocenters. The molecule has 5 aromatic rings. The van der Waals surface area contributed by atoms with Crippen LogP contribution in [0.2, 0.25) is 23.2 Å². The van der Waals surface area contributed by atoms with Crippen LogP contribution in [0.1, 0.15) is 36.8 Å². The zero-order valence-corrected chi connectivity index (χ0v) is 37.9. The van der Waals surface area contributed by atoms with Crippen molar-refractivity contribution < 1.29 is 43.4 Å². The summed E-state index contributed by atoms with van der Waals surface area (Å²) in [4.78, 5) is 79.9. The Kier molecular flexibility index (Phi) is 14.4. The Labute approximate surface area is 377 Å². The maximum Gasteiger partial charge on any atom is 0.416 e. The van der Waals surface area contributed by atoms with Crippen LogP contribution in [0.25, 0.3) is 16.6 Å². The first-order chi connectivity index (χ1) is 30.3. The van der Waals surface area contributed by atoms with Crippen LogP contribution in [0.3, 0.4) is 0 Å². The number of nitrogens with zero attached hydrogens (tertiary/aromatic N) is 6. The predicted octanol–water partition coefficient (Wildman–Crippen LogP) is 6.80. The van der Waals surface area contributed by atoms with Gasteiger partial charge in [0.1, 0.15) is 18.1 Å². The number of carboxylic acids is 1. The number of benzene rings is 3. The maximum absolute atomic E-state index is 14.0. The summed E-state index contributed by atoms with van der Waals surface area (Å²) in [5.74, 6) is -3.87. The van der Waals surface area contributed by atoms with E-state index in [0.717, 1.165) is 11.8 Å². The summed E-state index contributed by atoms with van der Waals surface area (Å²) in [6.07, 6.45) is 3.47. The number of anilines is 3. The molecule has 0 spiro atoms. The Hall–Kier alpha value is -6.81. The number of fused-ring (bicyclic) bond motifs is 1. The predicted molar refractivity (Wildman–Crippen MR) is 244 cm³/mol. The van der Waals surface area contributed by atoms with E-state index in [-0.39, 0.29) is 44.8 Å². The molecule has 334 valence electrons. The number of tetrazole rings is 1. The van der Waals surface area contributed by atoms with E-state index in [1.165, 1.54) is 47.4 Å². The van der Waals surface area contributed by atoms with E-state index in [2.05, 4.69) is 70.7 Å². The van der Waals surface area contributed by atoms with Gasteiger partial charge < -0.3 is 35.9 Å². The quantitative estimate of drug-likeness (QED) is 0.0496. The SMILES string of the molecule is CC(C)(C)[Si](C)(C)OCCN(C(=O)Nc1ccc(C[C@H](NC(=O)C(=O)Nc2cc(Cl)ccc2-n2cnnn2)C(=O)Nc2ccc3c(c2)cc(C(=O)O)n3C(=O)O)cc1)C1=CCSC=C1. The molecule has 64 heavy (non-hydrogen) atoms. The number of aromatic nitrogens is 5. The van der Waals surface area contributed by atoms with Gasteiger partial charge in [-0.2, -0.15) is 4.68 Å². The number of hydrogen-bond donors (Lipinski definition) is 6. The monoisotopic (exact) mass is 928 g/mol. The number of aromatic carboxylic acids is 1. The van der Waals surface area contributed by atoms with Crippen molar-refractivity contribution in [3.05, 3.63) is 113 Å². The van der Waals surface area contributed by atoms with E-state index in [1.54, 1.807) is 40.9 Å². The summed E-state index contributed by atoms with van der Waals surface area (Å²) in [6, 6.07) is 14.5. The second kappa shape index (κ2) is 19.7.